The number of hydrogen-bond acceptors (Lipinski definition) is 5. The van der Waals surface area contributed by atoms with Crippen molar-refractivity contribution in [2.45, 2.75) is 34.9 Å². The number of nitrogens with one attached hydrogen (secondary N) is 1. The van der Waals surface area contributed by atoms with Crippen LogP contribution in [0, 0.1) is 0 Å². The first kappa shape index (κ1) is 20.3. The van der Waals surface area contributed by atoms with Crippen molar-refractivity contribution >= 4 is 49.3 Å². The number of aromatic nitrogens is 1. The van der Waals surface area contributed by atoms with E-state index in [4.69, 9.17) is 0 Å². The quantitative estimate of drug-likeness (QED) is 0.651. The lowest BCUT2D eigenvalue weighted by Gasteiger charge is -2.15. The van der Waals surface area contributed by atoms with Gasteiger partial charge < -0.3 is 5.32 Å². The normalized spacial score (nSPS) is 16.2. The number of anilines is 1. The maximum Gasteiger partial charge on any atom is 0.244 e. The number of rotatable bonds is 6. The fraction of sp³-hybridized carbons (Fsp3) is 0.333. The molecule has 0 unspecified atom stereocenters. The number of benzene rings is 1. The molecule has 0 bridgehead atoms. The number of thioether (sulfide) groups is 1. The van der Waals surface area contributed by atoms with Crippen molar-refractivity contribution in [3.8, 4) is 0 Å². The first-order chi connectivity index (χ1) is 12.9. The van der Waals surface area contributed by atoms with Gasteiger partial charge in [-0.05, 0) is 56.2 Å². The monoisotopic (exact) mass is 469 g/mol. The van der Waals surface area contributed by atoms with E-state index in [0.29, 0.717) is 18.1 Å². The van der Waals surface area contributed by atoms with Crippen LogP contribution in [0.3, 0.4) is 0 Å². The Hall–Kier alpha value is -1.42. The lowest BCUT2D eigenvalue weighted by atomic mass is 10.3. The Morgan fingerprint density at radius 2 is 1.85 bits per heavy atom. The van der Waals surface area contributed by atoms with Crippen molar-refractivity contribution in [3.63, 3.8) is 0 Å². The molecule has 1 amide bonds. The molecule has 9 heteroatoms. The van der Waals surface area contributed by atoms with Gasteiger partial charge in [0.2, 0.25) is 15.9 Å². The van der Waals surface area contributed by atoms with Gasteiger partial charge in [-0.3, -0.25) is 4.79 Å². The van der Waals surface area contributed by atoms with Crippen LogP contribution >= 0.6 is 27.7 Å². The molecule has 2 aromatic rings. The highest BCUT2D eigenvalue weighted by Crippen LogP contribution is 2.25. The summed E-state index contributed by atoms with van der Waals surface area (Å²) < 4.78 is 27.5. The van der Waals surface area contributed by atoms with Crippen molar-refractivity contribution < 1.29 is 13.2 Å². The summed E-state index contributed by atoms with van der Waals surface area (Å²) in [7, 11) is -3.47. The summed E-state index contributed by atoms with van der Waals surface area (Å²) in [5, 5.41) is 3.08. The minimum Gasteiger partial charge on any atom is -0.325 e. The Bertz CT molecular complexity index is 896. The van der Waals surface area contributed by atoms with Crippen molar-refractivity contribution in [1.82, 2.24) is 9.29 Å². The predicted molar refractivity (Wildman–Crippen MR) is 110 cm³/mol. The second-order valence-electron chi connectivity index (χ2n) is 6.20. The van der Waals surface area contributed by atoms with Gasteiger partial charge in [-0.25, -0.2) is 13.4 Å². The molecule has 1 aromatic heterocycles. The molecule has 6 nitrogen and oxygen atoms in total. The molecule has 27 heavy (non-hydrogen) atoms. The third-order valence-corrected chi connectivity index (χ3v) is 7.65. The Morgan fingerprint density at radius 3 is 2.44 bits per heavy atom. The van der Waals surface area contributed by atoms with Gasteiger partial charge in [-0.2, -0.15) is 4.31 Å². The summed E-state index contributed by atoms with van der Waals surface area (Å²) in [4.78, 5) is 16.8. The summed E-state index contributed by atoms with van der Waals surface area (Å²) in [6.45, 7) is 2.91. The molecule has 2 heterocycles. The predicted octanol–water partition coefficient (Wildman–Crippen LogP) is 3.75. The highest BCUT2D eigenvalue weighted by Gasteiger charge is 2.27. The number of amides is 1. The van der Waals surface area contributed by atoms with Gasteiger partial charge in [0.25, 0.3) is 0 Å². The summed E-state index contributed by atoms with van der Waals surface area (Å²) in [6, 6.07) is 10.5. The number of hydrogen-bond donors (Lipinski definition) is 1. The lowest BCUT2D eigenvalue weighted by Crippen LogP contribution is -2.28. The molecule has 144 valence electrons. The lowest BCUT2D eigenvalue weighted by molar-refractivity contribution is -0.115. The molecular formula is C18H20BrN3O3S2. The second kappa shape index (κ2) is 8.72. The fourth-order valence-corrected chi connectivity index (χ4v) is 5.19. The molecule has 1 aliphatic rings. The second-order valence-corrected chi connectivity index (χ2v) is 10.4. The maximum absolute atomic E-state index is 12.5. The third kappa shape index (κ3) is 5.10. The highest BCUT2D eigenvalue weighted by atomic mass is 79.9. The number of nitrogens with zero attached hydrogens (tertiary/aromatic N) is 2. The summed E-state index contributed by atoms with van der Waals surface area (Å²) in [5.41, 5.74) is 0.718. The molecule has 0 aliphatic carbocycles. The van der Waals surface area contributed by atoms with Crippen LogP contribution in [0.5, 0.6) is 0 Å². The molecule has 1 fully saturated rings. The minimum absolute atomic E-state index is 0.141. The van der Waals surface area contributed by atoms with Crippen LogP contribution in [-0.4, -0.2) is 42.0 Å². The molecule has 3 rings (SSSR count). The average Bonchev–Trinajstić information content (AvgIpc) is 3.19. The van der Waals surface area contributed by atoms with Crippen molar-refractivity contribution in [2.24, 2.45) is 0 Å². The van der Waals surface area contributed by atoms with Gasteiger partial charge in [0.15, 0.2) is 0 Å². The van der Waals surface area contributed by atoms with Crippen molar-refractivity contribution in [2.75, 3.05) is 18.4 Å². The third-order valence-electron chi connectivity index (χ3n) is 4.19. The fourth-order valence-electron chi connectivity index (χ4n) is 2.68. The average molecular weight is 470 g/mol. The highest BCUT2D eigenvalue weighted by molar-refractivity contribution is 9.10. The number of carbonyl (C=O) groups is 1. The van der Waals surface area contributed by atoms with Crippen LogP contribution in [-0.2, 0) is 14.8 Å². The Kier molecular flexibility index (Phi) is 6.56. The van der Waals surface area contributed by atoms with Gasteiger partial charge >= 0.3 is 0 Å². The van der Waals surface area contributed by atoms with E-state index in [-0.39, 0.29) is 16.1 Å². The smallest absolute Gasteiger partial charge is 0.244 e. The van der Waals surface area contributed by atoms with Crippen molar-refractivity contribution in [1.29, 1.82) is 0 Å². The van der Waals surface area contributed by atoms with Crippen LogP contribution < -0.4 is 5.32 Å². The zero-order chi connectivity index (χ0) is 19.4. The molecular weight excluding hydrogens is 450 g/mol. The van der Waals surface area contributed by atoms with Crippen LogP contribution in [0.15, 0.2) is 57.0 Å². The van der Waals surface area contributed by atoms with Gasteiger partial charge in [0.05, 0.1) is 10.3 Å². The molecule has 0 saturated carbocycles. The van der Waals surface area contributed by atoms with Crippen molar-refractivity contribution in [3.05, 3.63) is 47.1 Å². The largest absolute Gasteiger partial charge is 0.325 e. The maximum atomic E-state index is 12.5. The van der Waals surface area contributed by atoms with Crippen LogP contribution in [0.25, 0.3) is 0 Å². The van der Waals surface area contributed by atoms with Crippen LogP contribution in [0.2, 0.25) is 0 Å². The van der Waals surface area contributed by atoms with E-state index < -0.39 is 10.0 Å². The standard InChI is InChI=1S/C18H20BrN3O3S2/c1-13(18(23)21-15-6-4-14(19)5-7-15)26-17-9-8-16(12-20-17)27(24,25)22-10-2-3-11-22/h4-9,12-13H,2-3,10-11H2,1H3,(H,21,23)/t13-/m1/s1. The molecule has 0 spiro atoms. The Morgan fingerprint density at radius 1 is 1.19 bits per heavy atom. The molecule has 1 aromatic carbocycles. The summed E-state index contributed by atoms with van der Waals surface area (Å²) >= 11 is 4.64. The van der Waals surface area contributed by atoms with E-state index in [1.54, 1.807) is 19.1 Å². The topological polar surface area (TPSA) is 79.4 Å². The Balaban J connectivity index is 1.61. The van der Waals surface area contributed by atoms with E-state index in [2.05, 4.69) is 26.2 Å². The number of sulfonamides is 1. The molecule has 1 N–H and O–H groups in total. The van der Waals surface area contributed by atoms with E-state index in [1.807, 2.05) is 24.3 Å². The zero-order valence-corrected chi connectivity index (χ0v) is 18.0. The molecule has 1 aliphatic heterocycles. The number of carbonyl (C=O) groups excluding carboxylic acids is 1. The molecule has 1 atom stereocenters. The van der Waals surface area contributed by atoms with Gasteiger partial charge in [-0.1, -0.05) is 27.7 Å². The van der Waals surface area contributed by atoms with E-state index >= 15 is 0 Å². The zero-order valence-electron chi connectivity index (χ0n) is 14.8. The van der Waals surface area contributed by atoms with Crippen LogP contribution in [0.1, 0.15) is 19.8 Å². The van der Waals surface area contributed by atoms with E-state index in [1.165, 1.54) is 22.3 Å². The van der Waals surface area contributed by atoms with E-state index in [0.717, 1.165) is 23.0 Å². The Labute approximate surface area is 171 Å². The molecule has 1 saturated heterocycles. The van der Waals surface area contributed by atoms with Gasteiger partial charge in [-0.15, -0.1) is 0 Å². The SMILES string of the molecule is C[C@@H](Sc1ccc(S(=O)(=O)N2CCCC2)cn1)C(=O)Nc1ccc(Br)cc1. The summed E-state index contributed by atoms with van der Waals surface area (Å²) in [5.74, 6) is -0.141. The summed E-state index contributed by atoms with van der Waals surface area (Å²) in [6.07, 6.45) is 3.16. The first-order valence-corrected chi connectivity index (χ1v) is 11.7. The number of halogens is 1. The minimum atomic E-state index is -3.47. The van der Waals surface area contributed by atoms with Gasteiger partial charge in [0, 0.05) is 29.4 Å². The van der Waals surface area contributed by atoms with E-state index in [9.17, 15) is 13.2 Å². The molecule has 0 radical (unpaired) electrons. The van der Waals surface area contributed by atoms with Crippen LogP contribution in [0.4, 0.5) is 5.69 Å². The van der Waals surface area contributed by atoms with Gasteiger partial charge in [0.1, 0.15) is 4.90 Å². The first-order valence-electron chi connectivity index (χ1n) is 8.55. The number of pyridine rings is 1.